The number of carbonyl (C=O) groups excluding carboxylic acids is 2. The molecule has 0 radical (unpaired) electrons. The summed E-state index contributed by atoms with van der Waals surface area (Å²) in [5.74, 6) is -2.12. The van der Waals surface area contributed by atoms with E-state index in [-0.39, 0.29) is 4.90 Å². The predicted octanol–water partition coefficient (Wildman–Crippen LogP) is 1.31. The Labute approximate surface area is 150 Å². The fourth-order valence-corrected chi connectivity index (χ4v) is 2.96. The number of para-hydroxylation sites is 1. The van der Waals surface area contributed by atoms with Crippen LogP contribution in [0.15, 0.2) is 59.5 Å². The van der Waals surface area contributed by atoms with Crippen LogP contribution in [0, 0.1) is 5.82 Å². The van der Waals surface area contributed by atoms with E-state index >= 15 is 0 Å². The lowest BCUT2D eigenvalue weighted by Crippen LogP contribution is -2.34. The number of ether oxygens (including phenoxy) is 1. The maximum atomic E-state index is 13.1. The summed E-state index contributed by atoms with van der Waals surface area (Å²) in [7, 11) is -2.54. The molecular formula is C17H17FN2O5S. The van der Waals surface area contributed by atoms with E-state index in [1.807, 2.05) is 4.72 Å². The SMILES string of the molecule is CN(C(=O)COC(=O)CNS(=O)(=O)c1cccc(F)c1)c1ccccc1. The number of esters is 1. The average molecular weight is 380 g/mol. The maximum Gasteiger partial charge on any atom is 0.321 e. The minimum absolute atomic E-state index is 0.315. The number of amides is 1. The van der Waals surface area contributed by atoms with Crippen LogP contribution in [0.5, 0.6) is 0 Å². The number of hydrogen-bond donors (Lipinski definition) is 1. The van der Waals surface area contributed by atoms with Gasteiger partial charge in [-0.2, -0.15) is 4.72 Å². The Morgan fingerprint density at radius 2 is 1.81 bits per heavy atom. The van der Waals surface area contributed by atoms with Crippen LogP contribution in [0.2, 0.25) is 0 Å². The molecule has 2 aromatic rings. The molecule has 7 nitrogen and oxygen atoms in total. The van der Waals surface area contributed by atoms with Gasteiger partial charge in [0.2, 0.25) is 10.0 Å². The fourth-order valence-electron chi connectivity index (χ4n) is 1.96. The number of halogens is 1. The van der Waals surface area contributed by atoms with Gasteiger partial charge in [0.1, 0.15) is 12.4 Å². The molecule has 0 aliphatic rings. The van der Waals surface area contributed by atoms with E-state index in [2.05, 4.69) is 0 Å². The molecule has 0 heterocycles. The van der Waals surface area contributed by atoms with Crippen LogP contribution in [0.25, 0.3) is 0 Å². The van der Waals surface area contributed by atoms with E-state index < -0.39 is 40.9 Å². The largest absolute Gasteiger partial charge is 0.455 e. The van der Waals surface area contributed by atoms with Crippen LogP contribution in [0.4, 0.5) is 10.1 Å². The van der Waals surface area contributed by atoms with Gasteiger partial charge in [0.05, 0.1) is 4.90 Å². The maximum absolute atomic E-state index is 13.1. The van der Waals surface area contributed by atoms with Gasteiger partial charge in [0.15, 0.2) is 6.61 Å². The lowest BCUT2D eigenvalue weighted by molar-refractivity contribution is -0.146. The Morgan fingerprint density at radius 1 is 1.12 bits per heavy atom. The Hall–Kier alpha value is -2.78. The minimum atomic E-state index is -4.06. The zero-order chi connectivity index (χ0) is 19.2. The molecule has 9 heteroatoms. The molecule has 0 unspecified atom stereocenters. The van der Waals surface area contributed by atoms with Gasteiger partial charge in [-0.05, 0) is 30.3 Å². The molecule has 0 spiro atoms. The van der Waals surface area contributed by atoms with Crippen molar-refractivity contribution in [2.75, 3.05) is 25.1 Å². The van der Waals surface area contributed by atoms with Gasteiger partial charge in [0, 0.05) is 12.7 Å². The van der Waals surface area contributed by atoms with E-state index in [0.717, 1.165) is 12.1 Å². The van der Waals surface area contributed by atoms with Crippen LogP contribution in [-0.4, -0.2) is 40.5 Å². The molecule has 1 amide bonds. The highest BCUT2D eigenvalue weighted by atomic mass is 32.2. The summed E-state index contributed by atoms with van der Waals surface area (Å²) < 4.78 is 43.8. The number of sulfonamides is 1. The summed E-state index contributed by atoms with van der Waals surface area (Å²) in [5, 5.41) is 0. The zero-order valence-electron chi connectivity index (χ0n) is 13.9. The molecule has 2 aromatic carbocycles. The molecular weight excluding hydrogens is 363 g/mol. The van der Waals surface area contributed by atoms with Gasteiger partial charge in [-0.15, -0.1) is 0 Å². The third-order valence-electron chi connectivity index (χ3n) is 3.39. The van der Waals surface area contributed by atoms with Gasteiger partial charge in [0.25, 0.3) is 5.91 Å². The number of benzene rings is 2. The second-order valence-corrected chi connectivity index (χ2v) is 7.00. The molecule has 0 aliphatic heterocycles. The van der Waals surface area contributed by atoms with Crippen LogP contribution >= 0.6 is 0 Å². The number of carbonyl (C=O) groups is 2. The quantitative estimate of drug-likeness (QED) is 0.731. The van der Waals surface area contributed by atoms with Crippen LogP contribution in [-0.2, 0) is 24.3 Å². The van der Waals surface area contributed by atoms with E-state index in [0.29, 0.717) is 5.69 Å². The molecule has 2 rings (SSSR count). The molecule has 0 saturated carbocycles. The van der Waals surface area contributed by atoms with Crippen LogP contribution in [0.3, 0.4) is 0 Å². The second-order valence-electron chi connectivity index (χ2n) is 5.23. The summed E-state index contributed by atoms with van der Waals surface area (Å²) >= 11 is 0. The number of anilines is 1. The molecule has 0 saturated heterocycles. The third-order valence-corrected chi connectivity index (χ3v) is 4.79. The minimum Gasteiger partial charge on any atom is -0.455 e. The van der Waals surface area contributed by atoms with Crippen LogP contribution < -0.4 is 9.62 Å². The first-order valence-corrected chi connectivity index (χ1v) is 9.00. The van der Waals surface area contributed by atoms with Gasteiger partial charge in [-0.1, -0.05) is 24.3 Å². The molecule has 0 aliphatic carbocycles. The summed E-state index contributed by atoms with van der Waals surface area (Å²) in [6, 6.07) is 13.1. The zero-order valence-corrected chi connectivity index (χ0v) is 14.7. The van der Waals surface area contributed by atoms with Crippen molar-refractivity contribution in [2.45, 2.75) is 4.90 Å². The second kappa shape index (κ2) is 8.54. The average Bonchev–Trinajstić information content (AvgIpc) is 2.64. The molecule has 1 N–H and O–H groups in total. The molecule has 138 valence electrons. The lowest BCUT2D eigenvalue weighted by Gasteiger charge is -2.17. The molecule has 0 fully saturated rings. The smallest absolute Gasteiger partial charge is 0.321 e. The van der Waals surface area contributed by atoms with Gasteiger partial charge in [-0.3, -0.25) is 9.59 Å². The van der Waals surface area contributed by atoms with Crippen LogP contribution in [0.1, 0.15) is 0 Å². The van der Waals surface area contributed by atoms with Crippen molar-refractivity contribution in [1.82, 2.24) is 4.72 Å². The van der Waals surface area contributed by atoms with E-state index in [1.54, 1.807) is 30.3 Å². The first kappa shape index (κ1) is 19.5. The van der Waals surface area contributed by atoms with Gasteiger partial charge in [-0.25, -0.2) is 12.8 Å². The Morgan fingerprint density at radius 3 is 2.46 bits per heavy atom. The summed E-state index contributed by atoms with van der Waals surface area (Å²) in [5.41, 5.74) is 0.625. The Bertz CT molecular complexity index is 887. The van der Waals surface area contributed by atoms with Crippen molar-refractivity contribution in [1.29, 1.82) is 0 Å². The van der Waals surface area contributed by atoms with Gasteiger partial charge >= 0.3 is 5.97 Å². The third kappa shape index (κ3) is 5.36. The van der Waals surface area contributed by atoms with E-state index in [9.17, 15) is 22.4 Å². The lowest BCUT2D eigenvalue weighted by atomic mass is 10.3. The van der Waals surface area contributed by atoms with Crippen molar-refractivity contribution in [2.24, 2.45) is 0 Å². The molecule has 0 bridgehead atoms. The molecule has 0 aromatic heterocycles. The van der Waals surface area contributed by atoms with Crippen molar-refractivity contribution in [3.8, 4) is 0 Å². The molecule has 0 atom stereocenters. The highest BCUT2D eigenvalue weighted by Gasteiger charge is 2.18. The normalized spacial score (nSPS) is 11.0. The van der Waals surface area contributed by atoms with Crippen molar-refractivity contribution < 1.29 is 27.1 Å². The topological polar surface area (TPSA) is 92.8 Å². The first-order valence-electron chi connectivity index (χ1n) is 7.52. The highest BCUT2D eigenvalue weighted by Crippen LogP contribution is 2.11. The number of rotatable bonds is 7. The Balaban J connectivity index is 1.84. The molecule has 26 heavy (non-hydrogen) atoms. The summed E-state index contributed by atoms with van der Waals surface area (Å²) in [6.45, 7) is -1.22. The van der Waals surface area contributed by atoms with E-state index in [1.165, 1.54) is 24.1 Å². The van der Waals surface area contributed by atoms with Crippen molar-refractivity contribution in [3.05, 3.63) is 60.4 Å². The number of nitrogens with one attached hydrogen (secondary N) is 1. The predicted molar refractivity (Wildman–Crippen MR) is 92.4 cm³/mol. The first-order chi connectivity index (χ1) is 12.3. The van der Waals surface area contributed by atoms with Gasteiger partial charge < -0.3 is 9.64 Å². The van der Waals surface area contributed by atoms with Crippen molar-refractivity contribution >= 4 is 27.6 Å². The Kier molecular flexibility index (Phi) is 6.42. The van der Waals surface area contributed by atoms with E-state index in [4.69, 9.17) is 4.74 Å². The number of hydrogen-bond acceptors (Lipinski definition) is 5. The summed E-state index contributed by atoms with van der Waals surface area (Å²) in [4.78, 5) is 24.6. The number of likely N-dealkylation sites (N-methyl/N-ethyl adjacent to an activating group) is 1. The monoisotopic (exact) mass is 380 g/mol. The standard InChI is InChI=1S/C17H17FN2O5S/c1-20(14-7-3-2-4-8-14)16(21)12-25-17(22)11-19-26(23,24)15-9-5-6-13(18)10-15/h2-10,19H,11-12H2,1H3. The number of nitrogens with zero attached hydrogens (tertiary/aromatic N) is 1. The fraction of sp³-hybridized carbons (Fsp3) is 0.176. The summed E-state index contributed by atoms with van der Waals surface area (Å²) in [6.07, 6.45) is 0. The highest BCUT2D eigenvalue weighted by molar-refractivity contribution is 7.89. The van der Waals surface area contributed by atoms with Crippen molar-refractivity contribution in [3.63, 3.8) is 0 Å².